The fourth-order valence-electron chi connectivity index (χ4n) is 1.80. The SMILES string of the molecule is CCC(N)C(Sc1ccccc1Cl)C(C)(C)C. The van der Waals surface area contributed by atoms with Crippen molar-refractivity contribution < 1.29 is 0 Å². The maximum atomic E-state index is 6.24. The molecular weight excluding hydrogens is 250 g/mol. The van der Waals surface area contributed by atoms with E-state index in [-0.39, 0.29) is 11.5 Å². The van der Waals surface area contributed by atoms with E-state index in [2.05, 4.69) is 33.8 Å². The van der Waals surface area contributed by atoms with Gasteiger partial charge in [0.1, 0.15) is 0 Å². The van der Waals surface area contributed by atoms with Gasteiger partial charge in [-0.25, -0.2) is 0 Å². The fraction of sp³-hybridized carbons (Fsp3) is 0.571. The lowest BCUT2D eigenvalue weighted by Crippen LogP contribution is -2.40. The molecule has 17 heavy (non-hydrogen) atoms. The van der Waals surface area contributed by atoms with Crippen molar-refractivity contribution in [3.05, 3.63) is 29.3 Å². The molecule has 1 aromatic rings. The first-order chi connectivity index (χ1) is 7.86. The third-order valence-electron chi connectivity index (χ3n) is 2.80. The van der Waals surface area contributed by atoms with Crippen molar-refractivity contribution in [2.75, 3.05) is 0 Å². The van der Waals surface area contributed by atoms with Gasteiger partial charge in [-0.05, 0) is 24.0 Å². The molecule has 0 aliphatic carbocycles. The molecule has 0 heterocycles. The molecule has 0 aliphatic rings. The van der Waals surface area contributed by atoms with Crippen molar-refractivity contribution in [1.82, 2.24) is 0 Å². The second kappa shape index (κ2) is 6.12. The summed E-state index contributed by atoms with van der Waals surface area (Å²) in [7, 11) is 0. The van der Waals surface area contributed by atoms with E-state index in [1.54, 1.807) is 11.8 Å². The van der Waals surface area contributed by atoms with Gasteiger partial charge < -0.3 is 5.73 Å². The number of hydrogen-bond donors (Lipinski definition) is 1. The zero-order valence-electron chi connectivity index (χ0n) is 11.0. The molecule has 0 aromatic heterocycles. The topological polar surface area (TPSA) is 26.0 Å². The summed E-state index contributed by atoms with van der Waals surface area (Å²) in [6, 6.07) is 8.16. The van der Waals surface area contributed by atoms with E-state index < -0.39 is 0 Å². The Bertz CT molecular complexity index is 359. The van der Waals surface area contributed by atoms with E-state index in [9.17, 15) is 0 Å². The summed E-state index contributed by atoms with van der Waals surface area (Å²) in [5.41, 5.74) is 6.40. The Morgan fingerprint density at radius 1 is 1.29 bits per heavy atom. The number of benzene rings is 1. The van der Waals surface area contributed by atoms with Gasteiger partial charge in [-0.2, -0.15) is 0 Å². The zero-order chi connectivity index (χ0) is 13.1. The number of hydrogen-bond acceptors (Lipinski definition) is 2. The van der Waals surface area contributed by atoms with Crippen molar-refractivity contribution >= 4 is 23.4 Å². The predicted molar refractivity (Wildman–Crippen MR) is 78.8 cm³/mol. The molecule has 0 bridgehead atoms. The highest BCUT2D eigenvalue weighted by Crippen LogP contribution is 2.40. The minimum Gasteiger partial charge on any atom is -0.327 e. The number of halogens is 1. The van der Waals surface area contributed by atoms with E-state index in [4.69, 9.17) is 17.3 Å². The maximum absolute atomic E-state index is 6.24. The Kier molecular flexibility index (Phi) is 5.36. The first-order valence-electron chi connectivity index (χ1n) is 6.03. The van der Waals surface area contributed by atoms with Gasteiger partial charge in [-0.15, -0.1) is 11.8 Å². The van der Waals surface area contributed by atoms with E-state index >= 15 is 0 Å². The zero-order valence-corrected chi connectivity index (χ0v) is 12.6. The van der Waals surface area contributed by atoms with Crippen LogP contribution >= 0.6 is 23.4 Å². The smallest absolute Gasteiger partial charge is 0.0541 e. The van der Waals surface area contributed by atoms with Gasteiger partial charge in [0.05, 0.1) is 5.02 Å². The summed E-state index contributed by atoms with van der Waals surface area (Å²) < 4.78 is 0. The molecule has 0 radical (unpaired) electrons. The van der Waals surface area contributed by atoms with Crippen LogP contribution in [0.15, 0.2) is 29.2 Å². The second-order valence-electron chi connectivity index (χ2n) is 5.41. The minimum absolute atomic E-state index is 0.166. The van der Waals surface area contributed by atoms with E-state index in [1.165, 1.54) is 0 Å². The third kappa shape index (κ3) is 4.20. The first-order valence-corrected chi connectivity index (χ1v) is 7.28. The van der Waals surface area contributed by atoms with Gasteiger partial charge >= 0.3 is 0 Å². The molecule has 0 fully saturated rings. The molecule has 0 saturated carbocycles. The first kappa shape index (κ1) is 14.9. The van der Waals surface area contributed by atoms with Gasteiger partial charge in [0.15, 0.2) is 0 Å². The summed E-state index contributed by atoms with van der Waals surface area (Å²) in [6.45, 7) is 8.83. The van der Waals surface area contributed by atoms with Gasteiger partial charge in [-0.3, -0.25) is 0 Å². The summed E-state index contributed by atoms with van der Waals surface area (Å²) in [5, 5.41) is 1.18. The maximum Gasteiger partial charge on any atom is 0.0541 e. The quantitative estimate of drug-likeness (QED) is 0.811. The highest BCUT2D eigenvalue weighted by atomic mass is 35.5. The van der Waals surface area contributed by atoms with E-state index in [0.717, 1.165) is 16.3 Å². The summed E-state index contributed by atoms with van der Waals surface area (Å²) >= 11 is 8.00. The molecule has 2 unspecified atom stereocenters. The van der Waals surface area contributed by atoms with Crippen LogP contribution in [0.1, 0.15) is 34.1 Å². The molecular formula is C14H22ClNS. The third-order valence-corrected chi connectivity index (χ3v) is 5.17. The number of thioether (sulfide) groups is 1. The standard InChI is InChI=1S/C14H22ClNS/c1-5-11(16)13(14(2,3)4)17-12-9-7-6-8-10(12)15/h6-9,11,13H,5,16H2,1-4H3. The van der Waals surface area contributed by atoms with Gasteiger partial charge in [-0.1, -0.05) is 51.4 Å². The van der Waals surface area contributed by atoms with Gasteiger partial charge in [0, 0.05) is 16.2 Å². The van der Waals surface area contributed by atoms with Crippen molar-refractivity contribution in [2.45, 2.75) is 50.3 Å². The molecule has 0 saturated heterocycles. The average Bonchev–Trinajstić information content (AvgIpc) is 2.25. The summed E-state index contributed by atoms with van der Waals surface area (Å²) in [5.74, 6) is 0. The summed E-state index contributed by atoms with van der Waals surface area (Å²) in [6.07, 6.45) is 0.986. The Morgan fingerprint density at radius 2 is 1.88 bits per heavy atom. The Labute approximate surface area is 114 Å². The molecule has 2 atom stereocenters. The second-order valence-corrected chi connectivity index (χ2v) is 7.00. The van der Waals surface area contributed by atoms with E-state index in [1.807, 2.05) is 18.2 Å². The van der Waals surface area contributed by atoms with Crippen LogP contribution in [-0.4, -0.2) is 11.3 Å². The molecule has 0 spiro atoms. The largest absolute Gasteiger partial charge is 0.327 e. The lowest BCUT2D eigenvalue weighted by atomic mass is 9.87. The van der Waals surface area contributed by atoms with Crippen LogP contribution in [0.3, 0.4) is 0 Å². The Morgan fingerprint density at radius 3 is 2.35 bits per heavy atom. The predicted octanol–water partition coefficient (Wildman–Crippen LogP) is 4.58. The number of nitrogens with two attached hydrogens (primary N) is 1. The van der Waals surface area contributed by atoms with Crippen molar-refractivity contribution in [2.24, 2.45) is 11.1 Å². The molecule has 0 aliphatic heterocycles. The Balaban J connectivity index is 2.91. The lowest BCUT2D eigenvalue weighted by molar-refractivity contribution is 0.350. The van der Waals surface area contributed by atoms with Crippen LogP contribution in [0, 0.1) is 5.41 Å². The average molecular weight is 272 g/mol. The molecule has 0 amide bonds. The normalized spacial score (nSPS) is 15.6. The molecule has 3 heteroatoms. The van der Waals surface area contributed by atoms with Crippen molar-refractivity contribution in [1.29, 1.82) is 0 Å². The van der Waals surface area contributed by atoms with Crippen LogP contribution in [-0.2, 0) is 0 Å². The van der Waals surface area contributed by atoms with Crippen LogP contribution in [0.2, 0.25) is 5.02 Å². The molecule has 96 valence electrons. The molecule has 2 N–H and O–H groups in total. The minimum atomic E-state index is 0.166. The highest BCUT2D eigenvalue weighted by Gasteiger charge is 2.30. The fourth-order valence-corrected chi connectivity index (χ4v) is 3.40. The van der Waals surface area contributed by atoms with Crippen LogP contribution < -0.4 is 5.73 Å². The number of rotatable bonds is 4. The van der Waals surface area contributed by atoms with Crippen molar-refractivity contribution in [3.63, 3.8) is 0 Å². The van der Waals surface area contributed by atoms with Crippen LogP contribution in [0.4, 0.5) is 0 Å². The van der Waals surface area contributed by atoms with Crippen LogP contribution in [0.5, 0.6) is 0 Å². The summed E-state index contributed by atoms with van der Waals surface area (Å²) in [4.78, 5) is 1.12. The molecule has 1 nitrogen and oxygen atoms in total. The Hall–Kier alpha value is -0.180. The van der Waals surface area contributed by atoms with E-state index in [0.29, 0.717) is 5.25 Å². The molecule has 1 rings (SSSR count). The molecule has 1 aromatic carbocycles. The monoisotopic (exact) mass is 271 g/mol. The van der Waals surface area contributed by atoms with Gasteiger partial charge in [0.2, 0.25) is 0 Å². The van der Waals surface area contributed by atoms with Crippen LogP contribution in [0.25, 0.3) is 0 Å². The highest BCUT2D eigenvalue weighted by molar-refractivity contribution is 8.00. The van der Waals surface area contributed by atoms with Gasteiger partial charge in [0.25, 0.3) is 0 Å². The van der Waals surface area contributed by atoms with Crippen molar-refractivity contribution in [3.8, 4) is 0 Å². The lowest BCUT2D eigenvalue weighted by Gasteiger charge is -2.34.